The standard InChI is InChI=1S/C31H36BrClN2O3S/c1-2-37-27-17-22(26(32)19-28(27)38-20-21-13-15-23(33)16-14-21)18-29-30(36)35(25-11-7-4-8-12-25)31(39-29)34-24-9-5-3-6-10-24/h13-19,24-25H,2-12,20H2,1H3. The fourth-order valence-electron chi connectivity index (χ4n) is 5.53. The number of amidine groups is 1. The predicted molar refractivity (Wildman–Crippen MR) is 165 cm³/mol. The van der Waals surface area contributed by atoms with E-state index in [0.717, 1.165) is 46.5 Å². The Morgan fingerprint density at radius 1 is 1.00 bits per heavy atom. The van der Waals surface area contributed by atoms with Gasteiger partial charge in [0, 0.05) is 15.5 Å². The van der Waals surface area contributed by atoms with Crippen molar-refractivity contribution < 1.29 is 14.3 Å². The van der Waals surface area contributed by atoms with E-state index in [2.05, 4.69) is 15.9 Å². The lowest BCUT2D eigenvalue weighted by molar-refractivity contribution is -0.124. The maximum Gasteiger partial charge on any atom is 0.267 e. The first-order valence-corrected chi connectivity index (χ1v) is 16.1. The Morgan fingerprint density at radius 3 is 2.36 bits per heavy atom. The number of carbonyl (C=O) groups excluding carboxylic acids is 1. The summed E-state index contributed by atoms with van der Waals surface area (Å²) in [5, 5.41) is 1.59. The minimum Gasteiger partial charge on any atom is -0.490 e. The lowest BCUT2D eigenvalue weighted by Gasteiger charge is -2.31. The van der Waals surface area contributed by atoms with E-state index >= 15 is 0 Å². The molecule has 208 valence electrons. The van der Waals surface area contributed by atoms with Gasteiger partial charge in [0.2, 0.25) is 0 Å². The Kier molecular flexibility index (Phi) is 9.96. The molecule has 0 spiro atoms. The zero-order chi connectivity index (χ0) is 27.2. The van der Waals surface area contributed by atoms with Gasteiger partial charge in [-0.25, -0.2) is 0 Å². The summed E-state index contributed by atoms with van der Waals surface area (Å²) in [6.45, 7) is 2.86. The molecule has 8 heteroatoms. The molecule has 0 N–H and O–H groups in total. The van der Waals surface area contributed by atoms with E-state index in [4.69, 9.17) is 26.1 Å². The highest BCUT2D eigenvalue weighted by atomic mass is 79.9. The van der Waals surface area contributed by atoms with Gasteiger partial charge in [0.25, 0.3) is 5.91 Å². The molecule has 1 heterocycles. The second-order valence-corrected chi connectivity index (χ2v) is 12.7. The van der Waals surface area contributed by atoms with Gasteiger partial charge in [-0.1, -0.05) is 78.2 Å². The van der Waals surface area contributed by atoms with Crippen LogP contribution in [-0.4, -0.2) is 34.7 Å². The van der Waals surface area contributed by atoms with Crippen molar-refractivity contribution >= 4 is 56.4 Å². The number of ether oxygens (including phenoxy) is 2. The average Bonchev–Trinajstić information content (AvgIpc) is 3.25. The van der Waals surface area contributed by atoms with Crippen molar-refractivity contribution in [3.05, 3.63) is 61.9 Å². The first kappa shape index (κ1) is 28.6. The lowest BCUT2D eigenvalue weighted by atomic mass is 9.94. The summed E-state index contributed by atoms with van der Waals surface area (Å²) in [6.07, 6.45) is 13.7. The number of hydrogen-bond acceptors (Lipinski definition) is 5. The summed E-state index contributed by atoms with van der Waals surface area (Å²) in [5.74, 6) is 1.38. The van der Waals surface area contributed by atoms with Gasteiger partial charge in [-0.05, 0) is 85.8 Å². The number of aliphatic imine (C=N–C) groups is 1. The fourth-order valence-corrected chi connectivity index (χ4v) is 7.19. The molecule has 2 aliphatic carbocycles. The van der Waals surface area contributed by atoms with Gasteiger partial charge in [0.15, 0.2) is 16.7 Å². The van der Waals surface area contributed by atoms with Gasteiger partial charge in [-0.3, -0.25) is 14.7 Å². The molecular weight excluding hydrogens is 596 g/mol. The van der Waals surface area contributed by atoms with Crippen LogP contribution in [0.1, 0.15) is 82.3 Å². The Hall–Kier alpha value is -1.96. The maximum atomic E-state index is 13.8. The number of benzene rings is 2. The summed E-state index contributed by atoms with van der Waals surface area (Å²) in [7, 11) is 0. The highest BCUT2D eigenvalue weighted by molar-refractivity contribution is 9.10. The SMILES string of the molecule is CCOc1cc(C=C2SC(=NC3CCCCC3)N(C3CCCCC3)C2=O)c(Br)cc1OCc1ccc(Cl)cc1. The largest absolute Gasteiger partial charge is 0.490 e. The molecule has 5 rings (SSSR count). The predicted octanol–water partition coefficient (Wildman–Crippen LogP) is 9.02. The molecule has 0 radical (unpaired) electrons. The third kappa shape index (κ3) is 7.22. The van der Waals surface area contributed by atoms with Crippen LogP contribution in [-0.2, 0) is 11.4 Å². The number of thioether (sulfide) groups is 1. The molecule has 0 aromatic heterocycles. The van der Waals surface area contributed by atoms with Crippen molar-refractivity contribution in [1.82, 2.24) is 4.90 Å². The molecule has 1 aliphatic heterocycles. The third-order valence-corrected chi connectivity index (χ3v) is 9.54. The second kappa shape index (κ2) is 13.6. The quantitative estimate of drug-likeness (QED) is 0.273. The summed E-state index contributed by atoms with van der Waals surface area (Å²) >= 11 is 11.3. The van der Waals surface area contributed by atoms with Crippen LogP contribution in [0.25, 0.3) is 6.08 Å². The van der Waals surface area contributed by atoms with Crippen LogP contribution in [0, 0.1) is 0 Å². The topological polar surface area (TPSA) is 51.1 Å². The number of rotatable bonds is 8. The summed E-state index contributed by atoms with van der Waals surface area (Å²) in [4.78, 5) is 21.7. The average molecular weight is 632 g/mol. The number of hydrogen-bond donors (Lipinski definition) is 0. The van der Waals surface area contributed by atoms with Crippen LogP contribution in [0.4, 0.5) is 0 Å². The van der Waals surface area contributed by atoms with Crippen molar-refractivity contribution in [3.63, 3.8) is 0 Å². The molecule has 0 bridgehead atoms. The third-order valence-electron chi connectivity index (χ3n) is 7.60. The minimum atomic E-state index is 0.0781. The molecule has 1 amide bonds. The minimum absolute atomic E-state index is 0.0781. The molecule has 3 aliphatic rings. The Morgan fingerprint density at radius 2 is 1.67 bits per heavy atom. The number of carbonyl (C=O) groups is 1. The van der Waals surface area contributed by atoms with E-state index in [-0.39, 0.29) is 11.9 Å². The van der Waals surface area contributed by atoms with Crippen molar-refractivity contribution in [2.24, 2.45) is 4.99 Å². The van der Waals surface area contributed by atoms with Crippen LogP contribution in [0.3, 0.4) is 0 Å². The molecule has 0 atom stereocenters. The molecule has 1 saturated heterocycles. The van der Waals surface area contributed by atoms with E-state index in [1.54, 1.807) is 0 Å². The normalized spacial score (nSPS) is 21.2. The van der Waals surface area contributed by atoms with E-state index in [9.17, 15) is 4.79 Å². The highest BCUT2D eigenvalue weighted by Crippen LogP contribution is 2.41. The van der Waals surface area contributed by atoms with E-state index in [1.807, 2.05) is 54.3 Å². The first-order chi connectivity index (χ1) is 19.0. The van der Waals surface area contributed by atoms with Crippen LogP contribution in [0.2, 0.25) is 5.02 Å². The molecule has 39 heavy (non-hydrogen) atoms. The number of amides is 1. The molecule has 2 saturated carbocycles. The van der Waals surface area contributed by atoms with Gasteiger partial charge < -0.3 is 9.47 Å². The zero-order valence-electron chi connectivity index (χ0n) is 22.5. The van der Waals surface area contributed by atoms with Crippen molar-refractivity contribution in [3.8, 4) is 11.5 Å². The van der Waals surface area contributed by atoms with Gasteiger partial charge in [0.1, 0.15) is 6.61 Å². The Balaban J connectivity index is 1.41. The molecule has 3 fully saturated rings. The van der Waals surface area contributed by atoms with E-state index < -0.39 is 0 Å². The van der Waals surface area contributed by atoms with Gasteiger partial charge in [-0.15, -0.1) is 0 Å². The Labute approximate surface area is 249 Å². The molecule has 2 aromatic rings. The molecular formula is C31H36BrClN2O3S. The summed E-state index contributed by atoms with van der Waals surface area (Å²) in [6, 6.07) is 12.1. The number of nitrogens with zero attached hydrogens (tertiary/aromatic N) is 2. The Bertz CT molecular complexity index is 1220. The smallest absolute Gasteiger partial charge is 0.267 e. The van der Waals surface area contributed by atoms with Crippen molar-refractivity contribution in [1.29, 1.82) is 0 Å². The first-order valence-electron chi connectivity index (χ1n) is 14.2. The summed E-state index contributed by atoms with van der Waals surface area (Å²) < 4.78 is 12.9. The zero-order valence-corrected chi connectivity index (χ0v) is 25.6. The molecule has 5 nitrogen and oxygen atoms in total. The molecule has 2 aromatic carbocycles. The monoisotopic (exact) mass is 630 g/mol. The maximum absolute atomic E-state index is 13.8. The molecule has 0 unspecified atom stereocenters. The van der Waals surface area contributed by atoms with Crippen LogP contribution in [0.5, 0.6) is 11.5 Å². The second-order valence-electron chi connectivity index (χ2n) is 10.4. The lowest BCUT2D eigenvalue weighted by Crippen LogP contribution is -2.41. The van der Waals surface area contributed by atoms with Gasteiger partial charge in [-0.2, -0.15) is 0 Å². The van der Waals surface area contributed by atoms with Crippen molar-refractivity contribution in [2.45, 2.75) is 89.8 Å². The number of halogens is 2. The van der Waals surface area contributed by atoms with E-state index in [0.29, 0.717) is 40.7 Å². The van der Waals surface area contributed by atoms with Crippen LogP contribution in [0.15, 0.2) is 50.8 Å². The van der Waals surface area contributed by atoms with E-state index in [1.165, 1.54) is 50.3 Å². The van der Waals surface area contributed by atoms with Gasteiger partial charge >= 0.3 is 0 Å². The van der Waals surface area contributed by atoms with Crippen LogP contribution < -0.4 is 9.47 Å². The van der Waals surface area contributed by atoms with Crippen LogP contribution >= 0.6 is 39.3 Å². The fraction of sp³-hybridized carbons (Fsp3) is 0.484. The highest BCUT2D eigenvalue weighted by Gasteiger charge is 2.39. The summed E-state index contributed by atoms with van der Waals surface area (Å²) in [5.41, 5.74) is 1.90. The van der Waals surface area contributed by atoms with Crippen molar-refractivity contribution in [2.75, 3.05) is 6.61 Å². The van der Waals surface area contributed by atoms with Gasteiger partial charge in [0.05, 0.1) is 17.6 Å².